The first-order valence-electron chi connectivity index (χ1n) is 7.11. The number of benzene rings is 1. The number of carbonyl (C=O) groups is 1. The van der Waals surface area contributed by atoms with Crippen molar-refractivity contribution in [3.63, 3.8) is 0 Å². The van der Waals surface area contributed by atoms with Gasteiger partial charge in [-0.2, -0.15) is 0 Å². The van der Waals surface area contributed by atoms with Crippen molar-refractivity contribution in [1.29, 1.82) is 0 Å². The number of amides is 1. The molecule has 20 heavy (non-hydrogen) atoms. The molecule has 0 aliphatic heterocycles. The SMILES string of the molecule is CNCCCNC(=O)Cc1ccc(CC(C)C)cc1.Cl. The summed E-state index contributed by atoms with van der Waals surface area (Å²) in [6.07, 6.45) is 2.54. The summed E-state index contributed by atoms with van der Waals surface area (Å²) in [6, 6.07) is 8.38. The van der Waals surface area contributed by atoms with Crippen molar-refractivity contribution < 1.29 is 4.79 Å². The molecule has 3 nitrogen and oxygen atoms in total. The molecular formula is C16H27ClN2O. The van der Waals surface area contributed by atoms with E-state index in [-0.39, 0.29) is 18.3 Å². The van der Waals surface area contributed by atoms with Gasteiger partial charge in [0.25, 0.3) is 0 Å². The fraction of sp³-hybridized carbons (Fsp3) is 0.562. The average Bonchev–Trinajstić information content (AvgIpc) is 2.36. The van der Waals surface area contributed by atoms with E-state index in [9.17, 15) is 4.79 Å². The highest BCUT2D eigenvalue weighted by molar-refractivity contribution is 5.85. The minimum absolute atomic E-state index is 0. The van der Waals surface area contributed by atoms with Crippen molar-refractivity contribution in [1.82, 2.24) is 10.6 Å². The molecule has 1 aromatic carbocycles. The molecule has 0 radical (unpaired) electrons. The third-order valence-corrected chi connectivity index (χ3v) is 2.96. The summed E-state index contributed by atoms with van der Waals surface area (Å²) < 4.78 is 0. The Labute approximate surface area is 128 Å². The molecule has 0 saturated heterocycles. The van der Waals surface area contributed by atoms with E-state index in [2.05, 4.69) is 48.7 Å². The molecule has 0 saturated carbocycles. The lowest BCUT2D eigenvalue weighted by Crippen LogP contribution is -2.27. The highest BCUT2D eigenvalue weighted by Gasteiger charge is 2.03. The molecule has 0 aliphatic carbocycles. The van der Waals surface area contributed by atoms with E-state index in [1.54, 1.807) is 0 Å². The third-order valence-electron chi connectivity index (χ3n) is 2.96. The van der Waals surface area contributed by atoms with Crippen LogP contribution in [0.4, 0.5) is 0 Å². The molecular weight excluding hydrogens is 272 g/mol. The molecule has 0 heterocycles. The lowest BCUT2D eigenvalue weighted by Gasteiger charge is -2.07. The van der Waals surface area contributed by atoms with Crippen LogP contribution in [-0.2, 0) is 17.6 Å². The van der Waals surface area contributed by atoms with Crippen LogP contribution in [0.2, 0.25) is 0 Å². The highest BCUT2D eigenvalue weighted by Crippen LogP contribution is 2.10. The maximum absolute atomic E-state index is 11.7. The molecule has 0 unspecified atom stereocenters. The fourth-order valence-electron chi connectivity index (χ4n) is 2.01. The lowest BCUT2D eigenvalue weighted by molar-refractivity contribution is -0.120. The molecule has 0 aromatic heterocycles. The Hall–Kier alpha value is -1.06. The van der Waals surface area contributed by atoms with Crippen LogP contribution in [-0.4, -0.2) is 26.0 Å². The van der Waals surface area contributed by atoms with Gasteiger partial charge in [0.05, 0.1) is 6.42 Å². The van der Waals surface area contributed by atoms with Gasteiger partial charge in [-0.3, -0.25) is 4.79 Å². The van der Waals surface area contributed by atoms with Gasteiger partial charge < -0.3 is 10.6 Å². The zero-order valence-electron chi connectivity index (χ0n) is 12.7. The van der Waals surface area contributed by atoms with Crippen LogP contribution in [0.3, 0.4) is 0 Å². The van der Waals surface area contributed by atoms with Crippen molar-refractivity contribution in [2.24, 2.45) is 5.92 Å². The van der Waals surface area contributed by atoms with Crippen LogP contribution >= 0.6 is 12.4 Å². The monoisotopic (exact) mass is 298 g/mol. The normalized spacial score (nSPS) is 10.2. The summed E-state index contributed by atoms with van der Waals surface area (Å²) >= 11 is 0. The number of halogens is 1. The number of nitrogens with one attached hydrogen (secondary N) is 2. The van der Waals surface area contributed by atoms with Crippen molar-refractivity contribution in [2.75, 3.05) is 20.1 Å². The van der Waals surface area contributed by atoms with Gasteiger partial charge in [-0.25, -0.2) is 0 Å². The molecule has 1 rings (SSSR count). The summed E-state index contributed by atoms with van der Waals surface area (Å²) in [6.45, 7) is 6.11. The molecule has 0 spiro atoms. The van der Waals surface area contributed by atoms with E-state index in [4.69, 9.17) is 0 Å². The Kier molecular flexibility index (Phi) is 10.1. The van der Waals surface area contributed by atoms with Gasteiger partial charge >= 0.3 is 0 Å². The number of hydrogen-bond donors (Lipinski definition) is 2. The van der Waals surface area contributed by atoms with Gasteiger partial charge in [0, 0.05) is 6.54 Å². The minimum Gasteiger partial charge on any atom is -0.356 e. The smallest absolute Gasteiger partial charge is 0.224 e. The van der Waals surface area contributed by atoms with E-state index >= 15 is 0 Å². The quantitative estimate of drug-likeness (QED) is 0.724. The van der Waals surface area contributed by atoms with Gasteiger partial charge in [0.1, 0.15) is 0 Å². The van der Waals surface area contributed by atoms with Crippen LogP contribution in [0.25, 0.3) is 0 Å². The molecule has 114 valence electrons. The van der Waals surface area contributed by atoms with E-state index in [1.807, 2.05) is 7.05 Å². The Bertz CT molecular complexity index is 377. The predicted molar refractivity (Wildman–Crippen MR) is 87.5 cm³/mol. The van der Waals surface area contributed by atoms with E-state index in [1.165, 1.54) is 5.56 Å². The van der Waals surface area contributed by atoms with E-state index in [0.29, 0.717) is 12.3 Å². The van der Waals surface area contributed by atoms with Gasteiger partial charge in [-0.05, 0) is 43.5 Å². The maximum Gasteiger partial charge on any atom is 0.224 e. The molecule has 1 amide bonds. The van der Waals surface area contributed by atoms with E-state index in [0.717, 1.165) is 31.5 Å². The molecule has 1 aromatic rings. The highest BCUT2D eigenvalue weighted by atomic mass is 35.5. The Balaban J connectivity index is 0.00000361. The van der Waals surface area contributed by atoms with Crippen LogP contribution in [0.1, 0.15) is 31.4 Å². The summed E-state index contributed by atoms with van der Waals surface area (Å²) in [5.41, 5.74) is 2.42. The zero-order chi connectivity index (χ0) is 14.1. The second kappa shape index (κ2) is 10.7. The van der Waals surface area contributed by atoms with E-state index < -0.39 is 0 Å². The van der Waals surface area contributed by atoms with Gasteiger partial charge in [-0.15, -0.1) is 12.4 Å². The topological polar surface area (TPSA) is 41.1 Å². The molecule has 0 bridgehead atoms. The predicted octanol–water partition coefficient (Wildman–Crippen LogP) is 2.58. The molecule has 0 atom stereocenters. The van der Waals surface area contributed by atoms with Gasteiger partial charge in [-0.1, -0.05) is 38.1 Å². The summed E-state index contributed by atoms with van der Waals surface area (Å²) in [7, 11) is 1.92. The lowest BCUT2D eigenvalue weighted by atomic mass is 10.0. The van der Waals surface area contributed by atoms with Crippen molar-refractivity contribution in [3.8, 4) is 0 Å². The second-order valence-electron chi connectivity index (χ2n) is 5.40. The largest absolute Gasteiger partial charge is 0.356 e. The minimum atomic E-state index is 0. The number of hydrogen-bond acceptors (Lipinski definition) is 2. The van der Waals surface area contributed by atoms with Gasteiger partial charge in [0.15, 0.2) is 0 Å². The third kappa shape index (κ3) is 8.18. The van der Waals surface area contributed by atoms with Crippen LogP contribution in [0.5, 0.6) is 0 Å². The molecule has 0 aliphatic rings. The van der Waals surface area contributed by atoms with Crippen LogP contribution in [0, 0.1) is 5.92 Å². The Morgan fingerprint density at radius 3 is 2.25 bits per heavy atom. The van der Waals surface area contributed by atoms with Crippen LogP contribution in [0.15, 0.2) is 24.3 Å². The van der Waals surface area contributed by atoms with Gasteiger partial charge in [0.2, 0.25) is 5.91 Å². The first-order chi connectivity index (χ1) is 9.11. The number of rotatable bonds is 8. The van der Waals surface area contributed by atoms with Crippen molar-refractivity contribution in [3.05, 3.63) is 35.4 Å². The maximum atomic E-state index is 11.7. The molecule has 2 N–H and O–H groups in total. The second-order valence-corrected chi connectivity index (χ2v) is 5.40. The Morgan fingerprint density at radius 1 is 1.10 bits per heavy atom. The van der Waals surface area contributed by atoms with Crippen LogP contribution < -0.4 is 10.6 Å². The molecule has 0 fully saturated rings. The first kappa shape index (κ1) is 18.9. The number of carbonyl (C=O) groups excluding carboxylic acids is 1. The zero-order valence-corrected chi connectivity index (χ0v) is 13.6. The fourth-order valence-corrected chi connectivity index (χ4v) is 2.01. The van der Waals surface area contributed by atoms with Crippen molar-refractivity contribution in [2.45, 2.75) is 33.1 Å². The summed E-state index contributed by atoms with van der Waals surface area (Å²) in [5, 5.41) is 6.00. The average molecular weight is 299 g/mol. The summed E-state index contributed by atoms with van der Waals surface area (Å²) in [4.78, 5) is 11.7. The summed E-state index contributed by atoms with van der Waals surface area (Å²) in [5.74, 6) is 0.772. The first-order valence-corrected chi connectivity index (χ1v) is 7.11. The standard InChI is InChI=1S/C16H26N2O.ClH/c1-13(2)11-14-5-7-15(8-6-14)12-16(19)18-10-4-9-17-3;/h5-8,13,17H,4,9-12H2,1-3H3,(H,18,19);1H. The Morgan fingerprint density at radius 2 is 1.70 bits per heavy atom. The molecule has 4 heteroatoms. The van der Waals surface area contributed by atoms with Crippen molar-refractivity contribution >= 4 is 18.3 Å².